The maximum absolute atomic E-state index is 4.31. The quantitative estimate of drug-likeness (QED) is 0.909. The van der Waals surface area contributed by atoms with Gasteiger partial charge in [0.15, 0.2) is 0 Å². The Kier molecular flexibility index (Phi) is 3.65. The van der Waals surface area contributed by atoms with E-state index in [1.54, 1.807) is 0 Å². The molecule has 19 heavy (non-hydrogen) atoms. The van der Waals surface area contributed by atoms with Crippen molar-refractivity contribution in [3.8, 4) is 0 Å². The summed E-state index contributed by atoms with van der Waals surface area (Å²) in [6.07, 6.45) is 7.62. The van der Waals surface area contributed by atoms with Gasteiger partial charge in [-0.25, -0.2) is 0 Å². The smallest absolute Gasteiger partial charge is 0.0534 e. The predicted octanol–water partition coefficient (Wildman–Crippen LogP) is 2.34. The first-order valence-electron chi connectivity index (χ1n) is 7.10. The third kappa shape index (κ3) is 3.04. The number of nitrogens with zero attached hydrogens (tertiary/aromatic N) is 2. The van der Waals surface area contributed by atoms with E-state index >= 15 is 0 Å². The molecule has 1 aromatic carbocycles. The van der Waals surface area contributed by atoms with E-state index in [1.807, 2.05) is 10.9 Å². The summed E-state index contributed by atoms with van der Waals surface area (Å²) in [7, 11) is 0. The topological polar surface area (TPSA) is 29.9 Å². The fourth-order valence-electron chi connectivity index (χ4n) is 2.84. The molecule has 0 saturated carbocycles. The number of hydrogen-bond acceptors (Lipinski definition) is 2. The van der Waals surface area contributed by atoms with Crippen molar-refractivity contribution in [3.05, 3.63) is 53.3 Å². The molecule has 0 spiro atoms. The Morgan fingerprint density at radius 1 is 1.32 bits per heavy atom. The van der Waals surface area contributed by atoms with Gasteiger partial charge in [-0.05, 0) is 42.9 Å². The lowest BCUT2D eigenvalue weighted by molar-refractivity contribution is 0.435. The summed E-state index contributed by atoms with van der Waals surface area (Å²) in [4.78, 5) is 0. The molecule has 100 valence electrons. The molecule has 1 aliphatic carbocycles. The van der Waals surface area contributed by atoms with Gasteiger partial charge in [-0.15, -0.1) is 0 Å². The largest absolute Gasteiger partial charge is 0.312 e. The van der Waals surface area contributed by atoms with Crippen LogP contribution in [-0.2, 0) is 19.4 Å². The average Bonchev–Trinajstić information content (AvgIpc) is 2.84. The minimum atomic E-state index is 0.617. The zero-order valence-corrected chi connectivity index (χ0v) is 11.5. The van der Waals surface area contributed by atoms with E-state index < -0.39 is 0 Å². The van der Waals surface area contributed by atoms with Gasteiger partial charge in [0.05, 0.1) is 12.7 Å². The van der Waals surface area contributed by atoms with Crippen LogP contribution in [0.25, 0.3) is 0 Å². The fraction of sp³-hybridized carbons (Fsp3) is 0.438. The molecule has 0 bridgehead atoms. The zero-order chi connectivity index (χ0) is 13.1. The summed E-state index contributed by atoms with van der Waals surface area (Å²) in [6.45, 7) is 4.02. The second-order valence-corrected chi connectivity index (χ2v) is 5.44. The number of hydrogen-bond donors (Lipinski definition) is 1. The van der Waals surface area contributed by atoms with Gasteiger partial charge in [0.1, 0.15) is 0 Å². The van der Waals surface area contributed by atoms with Crippen molar-refractivity contribution in [2.24, 2.45) is 0 Å². The SMILES string of the molecule is Cc1cnn(CCNC2CCc3ccccc3C2)c1. The normalized spacial score (nSPS) is 18.3. The van der Waals surface area contributed by atoms with Crippen LogP contribution in [0.15, 0.2) is 36.7 Å². The Morgan fingerprint density at radius 3 is 2.95 bits per heavy atom. The molecule has 1 atom stereocenters. The highest BCUT2D eigenvalue weighted by atomic mass is 15.3. The van der Waals surface area contributed by atoms with Crippen molar-refractivity contribution >= 4 is 0 Å². The van der Waals surface area contributed by atoms with E-state index in [1.165, 1.54) is 29.5 Å². The number of nitrogens with one attached hydrogen (secondary N) is 1. The molecule has 0 fully saturated rings. The standard InChI is InChI=1S/C16H21N3/c1-13-11-18-19(12-13)9-8-17-16-7-6-14-4-2-3-5-15(14)10-16/h2-5,11-12,16-17H,6-10H2,1H3. The molecule has 1 N–H and O–H groups in total. The zero-order valence-electron chi connectivity index (χ0n) is 11.5. The molecule has 3 rings (SSSR count). The van der Waals surface area contributed by atoms with Crippen LogP contribution in [-0.4, -0.2) is 22.4 Å². The van der Waals surface area contributed by atoms with Crippen molar-refractivity contribution in [2.75, 3.05) is 6.54 Å². The van der Waals surface area contributed by atoms with Crippen LogP contribution in [0.3, 0.4) is 0 Å². The first-order chi connectivity index (χ1) is 9.31. The molecule has 1 aromatic heterocycles. The molecule has 3 heteroatoms. The van der Waals surface area contributed by atoms with E-state index in [4.69, 9.17) is 0 Å². The number of benzene rings is 1. The van der Waals surface area contributed by atoms with Crippen LogP contribution in [0.2, 0.25) is 0 Å². The first kappa shape index (κ1) is 12.4. The lowest BCUT2D eigenvalue weighted by Gasteiger charge is -2.25. The van der Waals surface area contributed by atoms with Gasteiger partial charge in [-0.3, -0.25) is 4.68 Å². The van der Waals surface area contributed by atoms with Crippen molar-refractivity contribution in [2.45, 2.75) is 38.8 Å². The highest BCUT2D eigenvalue weighted by Gasteiger charge is 2.17. The lowest BCUT2D eigenvalue weighted by Crippen LogP contribution is -2.36. The Labute approximate surface area is 114 Å². The van der Waals surface area contributed by atoms with Crippen molar-refractivity contribution in [1.82, 2.24) is 15.1 Å². The molecule has 1 unspecified atom stereocenters. The minimum Gasteiger partial charge on any atom is -0.312 e. The lowest BCUT2D eigenvalue weighted by atomic mass is 9.88. The number of rotatable bonds is 4. The summed E-state index contributed by atoms with van der Waals surface area (Å²) in [6, 6.07) is 9.44. The Morgan fingerprint density at radius 2 is 2.16 bits per heavy atom. The third-order valence-corrected chi connectivity index (χ3v) is 3.88. The number of aryl methyl sites for hydroxylation is 2. The van der Waals surface area contributed by atoms with Gasteiger partial charge in [0, 0.05) is 18.8 Å². The molecule has 1 aliphatic rings. The molecule has 0 radical (unpaired) electrons. The summed E-state index contributed by atoms with van der Waals surface area (Å²) in [5.74, 6) is 0. The van der Waals surface area contributed by atoms with Crippen LogP contribution < -0.4 is 5.32 Å². The van der Waals surface area contributed by atoms with Crippen LogP contribution in [0.1, 0.15) is 23.1 Å². The van der Waals surface area contributed by atoms with Crippen molar-refractivity contribution in [1.29, 1.82) is 0 Å². The third-order valence-electron chi connectivity index (χ3n) is 3.88. The molecular weight excluding hydrogens is 234 g/mol. The van der Waals surface area contributed by atoms with Crippen LogP contribution in [0, 0.1) is 6.92 Å². The Hall–Kier alpha value is -1.61. The van der Waals surface area contributed by atoms with Crippen molar-refractivity contribution in [3.63, 3.8) is 0 Å². The Bertz CT molecular complexity index is 544. The van der Waals surface area contributed by atoms with Gasteiger partial charge < -0.3 is 5.32 Å². The molecule has 0 aliphatic heterocycles. The first-order valence-corrected chi connectivity index (χ1v) is 7.10. The second-order valence-electron chi connectivity index (χ2n) is 5.44. The fourth-order valence-corrected chi connectivity index (χ4v) is 2.84. The maximum atomic E-state index is 4.31. The average molecular weight is 255 g/mol. The van der Waals surface area contributed by atoms with Crippen LogP contribution >= 0.6 is 0 Å². The minimum absolute atomic E-state index is 0.617. The summed E-state index contributed by atoms with van der Waals surface area (Å²) in [5.41, 5.74) is 4.27. The van der Waals surface area contributed by atoms with Gasteiger partial charge in [-0.2, -0.15) is 5.10 Å². The maximum Gasteiger partial charge on any atom is 0.0534 e. The van der Waals surface area contributed by atoms with E-state index in [0.717, 1.165) is 19.5 Å². The van der Waals surface area contributed by atoms with E-state index in [-0.39, 0.29) is 0 Å². The van der Waals surface area contributed by atoms with E-state index in [9.17, 15) is 0 Å². The summed E-state index contributed by atoms with van der Waals surface area (Å²) < 4.78 is 2.01. The number of aromatic nitrogens is 2. The highest BCUT2D eigenvalue weighted by Crippen LogP contribution is 2.20. The van der Waals surface area contributed by atoms with E-state index in [2.05, 4.69) is 47.8 Å². The molecule has 0 saturated heterocycles. The molecule has 1 heterocycles. The molecule has 2 aromatic rings. The van der Waals surface area contributed by atoms with Crippen molar-refractivity contribution < 1.29 is 0 Å². The van der Waals surface area contributed by atoms with Gasteiger partial charge >= 0.3 is 0 Å². The predicted molar refractivity (Wildman–Crippen MR) is 77.2 cm³/mol. The van der Waals surface area contributed by atoms with Gasteiger partial charge in [-0.1, -0.05) is 24.3 Å². The Balaban J connectivity index is 1.50. The second kappa shape index (κ2) is 5.57. The van der Waals surface area contributed by atoms with Crippen LogP contribution in [0.4, 0.5) is 0 Å². The van der Waals surface area contributed by atoms with Crippen LogP contribution in [0.5, 0.6) is 0 Å². The molecule has 0 amide bonds. The number of fused-ring (bicyclic) bond motifs is 1. The van der Waals surface area contributed by atoms with E-state index in [0.29, 0.717) is 6.04 Å². The monoisotopic (exact) mass is 255 g/mol. The van der Waals surface area contributed by atoms with Gasteiger partial charge in [0.2, 0.25) is 0 Å². The molecule has 3 nitrogen and oxygen atoms in total. The summed E-state index contributed by atoms with van der Waals surface area (Å²) >= 11 is 0. The molecular formula is C16H21N3. The summed E-state index contributed by atoms with van der Waals surface area (Å²) in [5, 5.41) is 7.97. The highest BCUT2D eigenvalue weighted by molar-refractivity contribution is 5.30. The van der Waals surface area contributed by atoms with Gasteiger partial charge in [0.25, 0.3) is 0 Å².